The second kappa shape index (κ2) is 8.00. The summed E-state index contributed by atoms with van der Waals surface area (Å²) in [5, 5.41) is 3.02. The van der Waals surface area contributed by atoms with Crippen molar-refractivity contribution in [2.24, 2.45) is 0 Å². The lowest BCUT2D eigenvalue weighted by molar-refractivity contribution is -0.123. The molecule has 0 aromatic heterocycles. The van der Waals surface area contributed by atoms with Gasteiger partial charge >= 0.3 is 0 Å². The van der Waals surface area contributed by atoms with Crippen LogP contribution in [0, 0.1) is 13.8 Å². The molecule has 2 aromatic rings. The van der Waals surface area contributed by atoms with E-state index < -0.39 is 0 Å². The van der Waals surface area contributed by atoms with E-state index in [1.54, 1.807) is 0 Å². The van der Waals surface area contributed by atoms with Gasteiger partial charge in [-0.1, -0.05) is 55.8 Å². The monoisotopic (exact) mass is 325 g/mol. The van der Waals surface area contributed by atoms with Crippen molar-refractivity contribution in [3.63, 3.8) is 0 Å². The summed E-state index contributed by atoms with van der Waals surface area (Å²) in [6, 6.07) is 14.1. The molecule has 24 heavy (non-hydrogen) atoms. The Labute approximate surface area is 145 Å². The summed E-state index contributed by atoms with van der Waals surface area (Å²) in [6.45, 7) is 10.4. The maximum atomic E-state index is 12.2. The van der Waals surface area contributed by atoms with Gasteiger partial charge in [-0.3, -0.25) is 4.79 Å². The molecule has 3 heteroatoms. The summed E-state index contributed by atoms with van der Waals surface area (Å²) < 4.78 is 5.74. The maximum absolute atomic E-state index is 12.2. The maximum Gasteiger partial charge on any atom is 0.258 e. The summed E-state index contributed by atoms with van der Waals surface area (Å²) in [5.74, 6) is 1.03. The predicted molar refractivity (Wildman–Crippen MR) is 98.5 cm³/mol. The van der Waals surface area contributed by atoms with Crippen molar-refractivity contribution in [1.29, 1.82) is 0 Å². The smallest absolute Gasteiger partial charge is 0.258 e. The standard InChI is InChI=1S/C21H27NO2/c1-14(2)18-8-6-7-9-20(18)24-13-21(23)22-17(5)19-12-15(3)10-11-16(19)4/h6-12,14,17H,13H2,1-5H3,(H,22,23)/t17-/m0/s1. The van der Waals surface area contributed by atoms with Gasteiger partial charge in [0.15, 0.2) is 6.61 Å². The Morgan fingerprint density at radius 2 is 1.75 bits per heavy atom. The number of hydrogen-bond acceptors (Lipinski definition) is 2. The molecule has 0 heterocycles. The molecule has 1 amide bonds. The van der Waals surface area contributed by atoms with Gasteiger partial charge in [-0.15, -0.1) is 0 Å². The SMILES string of the molecule is Cc1ccc(C)c([C@H](C)NC(=O)COc2ccccc2C(C)C)c1. The Morgan fingerprint density at radius 3 is 2.46 bits per heavy atom. The number of hydrogen-bond donors (Lipinski definition) is 1. The molecule has 0 spiro atoms. The van der Waals surface area contributed by atoms with Crippen LogP contribution in [0.2, 0.25) is 0 Å². The van der Waals surface area contributed by atoms with Crippen LogP contribution < -0.4 is 10.1 Å². The van der Waals surface area contributed by atoms with Crippen LogP contribution in [0.5, 0.6) is 5.75 Å². The molecule has 0 unspecified atom stereocenters. The first kappa shape index (κ1) is 18.1. The first-order chi connectivity index (χ1) is 11.4. The summed E-state index contributed by atoms with van der Waals surface area (Å²) in [4.78, 5) is 12.2. The van der Waals surface area contributed by atoms with Gasteiger partial charge in [0.05, 0.1) is 6.04 Å². The fourth-order valence-corrected chi connectivity index (χ4v) is 2.82. The minimum atomic E-state index is -0.109. The molecular formula is C21H27NO2. The number of carbonyl (C=O) groups excluding carboxylic acids is 1. The molecular weight excluding hydrogens is 298 g/mol. The van der Waals surface area contributed by atoms with E-state index in [2.05, 4.69) is 51.2 Å². The molecule has 0 bridgehead atoms. The number of benzene rings is 2. The highest BCUT2D eigenvalue weighted by Gasteiger charge is 2.13. The van der Waals surface area contributed by atoms with Crippen molar-refractivity contribution in [2.45, 2.75) is 46.6 Å². The van der Waals surface area contributed by atoms with Crippen LogP contribution in [-0.4, -0.2) is 12.5 Å². The van der Waals surface area contributed by atoms with E-state index in [4.69, 9.17) is 4.74 Å². The largest absolute Gasteiger partial charge is 0.483 e. The number of nitrogens with one attached hydrogen (secondary N) is 1. The fourth-order valence-electron chi connectivity index (χ4n) is 2.82. The lowest BCUT2D eigenvalue weighted by Crippen LogP contribution is -2.31. The van der Waals surface area contributed by atoms with E-state index >= 15 is 0 Å². The predicted octanol–water partition coefficient (Wildman–Crippen LogP) is 4.68. The third-order valence-corrected chi connectivity index (χ3v) is 4.18. The highest BCUT2D eigenvalue weighted by Crippen LogP contribution is 2.25. The highest BCUT2D eigenvalue weighted by molar-refractivity contribution is 5.78. The van der Waals surface area contributed by atoms with E-state index in [1.807, 2.05) is 31.2 Å². The second-order valence-corrected chi connectivity index (χ2v) is 6.63. The van der Waals surface area contributed by atoms with Crippen LogP contribution in [0.4, 0.5) is 0 Å². The molecule has 0 radical (unpaired) electrons. The number of rotatable bonds is 6. The normalized spacial score (nSPS) is 12.1. The highest BCUT2D eigenvalue weighted by atomic mass is 16.5. The molecule has 3 nitrogen and oxygen atoms in total. The zero-order chi connectivity index (χ0) is 17.7. The van der Waals surface area contributed by atoms with Gasteiger partial charge in [-0.25, -0.2) is 0 Å². The summed E-state index contributed by atoms with van der Waals surface area (Å²) in [6.07, 6.45) is 0. The third kappa shape index (κ3) is 4.60. The van der Waals surface area contributed by atoms with Crippen molar-refractivity contribution < 1.29 is 9.53 Å². The van der Waals surface area contributed by atoms with Gasteiger partial charge in [0.2, 0.25) is 0 Å². The quantitative estimate of drug-likeness (QED) is 0.837. The summed E-state index contributed by atoms with van der Waals surface area (Å²) >= 11 is 0. The van der Waals surface area contributed by atoms with Crippen molar-refractivity contribution >= 4 is 5.91 Å². The molecule has 0 saturated carbocycles. The first-order valence-electron chi connectivity index (χ1n) is 8.46. The lowest BCUT2D eigenvalue weighted by atomic mass is 10.00. The Kier molecular flexibility index (Phi) is 6.02. The molecule has 1 atom stereocenters. The van der Waals surface area contributed by atoms with Crippen LogP contribution in [0.15, 0.2) is 42.5 Å². The molecule has 0 aliphatic heterocycles. The Hall–Kier alpha value is -2.29. The lowest BCUT2D eigenvalue weighted by Gasteiger charge is -2.18. The molecule has 2 rings (SSSR count). The second-order valence-electron chi connectivity index (χ2n) is 6.63. The molecule has 1 N–H and O–H groups in total. The Bertz CT molecular complexity index is 707. The molecule has 0 saturated heterocycles. The van der Waals surface area contributed by atoms with E-state index in [-0.39, 0.29) is 18.6 Å². The van der Waals surface area contributed by atoms with Crippen molar-refractivity contribution in [2.75, 3.05) is 6.61 Å². The topological polar surface area (TPSA) is 38.3 Å². The van der Waals surface area contributed by atoms with Crippen molar-refractivity contribution in [1.82, 2.24) is 5.32 Å². The van der Waals surface area contributed by atoms with Crippen LogP contribution in [0.1, 0.15) is 55.0 Å². The average Bonchev–Trinajstić information content (AvgIpc) is 2.55. The molecule has 128 valence electrons. The number of ether oxygens (including phenoxy) is 1. The molecule has 2 aromatic carbocycles. The third-order valence-electron chi connectivity index (χ3n) is 4.18. The van der Waals surface area contributed by atoms with Gasteiger partial charge in [0.25, 0.3) is 5.91 Å². The van der Waals surface area contributed by atoms with Gasteiger partial charge in [-0.2, -0.15) is 0 Å². The Morgan fingerprint density at radius 1 is 1.04 bits per heavy atom. The van der Waals surface area contributed by atoms with Crippen LogP contribution in [0.3, 0.4) is 0 Å². The number of amides is 1. The number of para-hydroxylation sites is 1. The molecule has 0 fully saturated rings. The van der Waals surface area contributed by atoms with Gasteiger partial charge in [-0.05, 0) is 49.4 Å². The van der Waals surface area contributed by atoms with E-state index in [0.717, 1.165) is 16.9 Å². The molecule has 0 aliphatic rings. The summed E-state index contributed by atoms with van der Waals surface area (Å²) in [7, 11) is 0. The van der Waals surface area contributed by atoms with E-state index in [0.29, 0.717) is 5.92 Å². The average molecular weight is 325 g/mol. The first-order valence-corrected chi connectivity index (χ1v) is 8.46. The van der Waals surface area contributed by atoms with Crippen molar-refractivity contribution in [3.05, 3.63) is 64.7 Å². The number of carbonyl (C=O) groups is 1. The van der Waals surface area contributed by atoms with Gasteiger partial charge in [0, 0.05) is 0 Å². The fraction of sp³-hybridized carbons (Fsp3) is 0.381. The molecule has 0 aliphatic carbocycles. The van der Waals surface area contributed by atoms with Crippen LogP contribution >= 0.6 is 0 Å². The zero-order valence-electron chi connectivity index (χ0n) is 15.2. The van der Waals surface area contributed by atoms with Gasteiger partial charge < -0.3 is 10.1 Å². The van der Waals surface area contributed by atoms with Crippen LogP contribution in [0.25, 0.3) is 0 Å². The minimum Gasteiger partial charge on any atom is -0.483 e. The van der Waals surface area contributed by atoms with Crippen LogP contribution in [-0.2, 0) is 4.79 Å². The zero-order valence-corrected chi connectivity index (χ0v) is 15.2. The van der Waals surface area contributed by atoms with E-state index in [9.17, 15) is 4.79 Å². The Balaban J connectivity index is 1.98. The van der Waals surface area contributed by atoms with E-state index in [1.165, 1.54) is 11.1 Å². The summed E-state index contributed by atoms with van der Waals surface area (Å²) in [5.41, 5.74) is 4.64. The van der Waals surface area contributed by atoms with Gasteiger partial charge in [0.1, 0.15) is 5.75 Å². The number of aryl methyl sites for hydroxylation is 2. The van der Waals surface area contributed by atoms with Crippen molar-refractivity contribution in [3.8, 4) is 5.75 Å². The minimum absolute atomic E-state index is 0.0267.